The first-order chi connectivity index (χ1) is 8.68. The number of nitro benzene ring substituents is 1. The van der Waals surface area contributed by atoms with Crippen molar-refractivity contribution in [3.8, 4) is 0 Å². The van der Waals surface area contributed by atoms with E-state index in [4.69, 9.17) is 5.73 Å². The van der Waals surface area contributed by atoms with Crippen molar-refractivity contribution in [3.05, 3.63) is 34.4 Å². The summed E-state index contributed by atoms with van der Waals surface area (Å²) < 4.78 is 0. The van der Waals surface area contributed by atoms with Crippen LogP contribution in [0.25, 0.3) is 0 Å². The van der Waals surface area contributed by atoms with Gasteiger partial charge in [0, 0.05) is 12.1 Å². The highest BCUT2D eigenvalue weighted by atomic mass is 32.2. The molecule has 1 fully saturated rings. The highest BCUT2D eigenvalue weighted by Crippen LogP contribution is 2.32. The van der Waals surface area contributed by atoms with Crippen LogP contribution in [0.5, 0.6) is 0 Å². The molecule has 98 valence electrons. The van der Waals surface area contributed by atoms with Crippen LogP contribution in [-0.2, 0) is 0 Å². The zero-order valence-corrected chi connectivity index (χ0v) is 11.1. The molecule has 1 aliphatic carbocycles. The molecule has 1 aliphatic rings. The molecule has 2 rings (SSSR count). The predicted octanol–water partition coefficient (Wildman–Crippen LogP) is 3.20. The molecule has 18 heavy (non-hydrogen) atoms. The highest BCUT2D eigenvalue weighted by molar-refractivity contribution is 7.99. The molecule has 4 nitrogen and oxygen atoms in total. The third-order valence-electron chi connectivity index (χ3n) is 3.53. The number of nitrogens with zero attached hydrogens (tertiary/aromatic N) is 1. The molecule has 2 N–H and O–H groups in total. The maximum absolute atomic E-state index is 10.9. The minimum absolute atomic E-state index is 0.207. The van der Waals surface area contributed by atoms with Crippen molar-refractivity contribution < 1.29 is 4.92 Å². The smallest absolute Gasteiger partial charge is 0.282 e. The molecule has 0 saturated heterocycles. The van der Waals surface area contributed by atoms with Gasteiger partial charge in [-0.15, -0.1) is 11.8 Å². The van der Waals surface area contributed by atoms with E-state index in [1.807, 2.05) is 12.1 Å². The average Bonchev–Trinajstić information content (AvgIpc) is 2.76. The molecule has 1 aromatic rings. The quantitative estimate of drug-likeness (QED) is 0.505. The topological polar surface area (TPSA) is 69.2 Å². The summed E-state index contributed by atoms with van der Waals surface area (Å²) in [6.45, 7) is 0. The van der Waals surface area contributed by atoms with Crippen molar-refractivity contribution in [3.63, 3.8) is 0 Å². The Bertz CT molecular complexity index is 425. The van der Waals surface area contributed by atoms with Crippen molar-refractivity contribution in [2.45, 2.75) is 36.6 Å². The summed E-state index contributed by atoms with van der Waals surface area (Å²) >= 11 is 1.57. The Morgan fingerprint density at radius 3 is 2.83 bits per heavy atom. The fourth-order valence-corrected chi connectivity index (χ4v) is 3.58. The van der Waals surface area contributed by atoms with E-state index in [-0.39, 0.29) is 10.6 Å². The summed E-state index contributed by atoms with van der Waals surface area (Å²) in [7, 11) is 0. The van der Waals surface area contributed by atoms with E-state index in [9.17, 15) is 10.1 Å². The lowest BCUT2D eigenvalue weighted by molar-refractivity contribution is -0.387. The summed E-state index contributed by atoms with van der Waals surface area (Å²) in [5, 5.41) is 10.9. The lowest BCUT2D eigenvalue weighted by Gasteiger charge is -2.14. The molecule has 0 bridgehead atoms. The van der Waals surface area contributed by atoms with Gasteiger partial charge in [0.05, 0.1) is 9.82 Å². The van der Waals surface area contributed by atoms with E-state index in [1.165, 1.54) is 12.8 Å². The van der Waals surface area contributed by atoms with Gasteiger partial charge in [-0.2, -0.15) is 0 Å². The van der Waals surface area contributed by atoms with Gasteiger partial charge in [0.15, 0.2) is 0 Å². The van der Waals surface area contributed by atoms with Gasteiger partial charge in [0.1, 0.15) is 0 Å². The monoisotopic (exact) mass is 266 g/mol. The number of hydrogen-bond acceptors (Lipinski definition) is 4. The van der Waals surface area contributed by atoms with E-state index >= 15 is 0 Å². The van der Waals surface area contributed by atoms with Crippen molar-refractivity contribution >= 4 is 17.4 Å². The fraction of sp³-hybridized carbons (Fsp3) is 0.538. The van der Waals surface area contributed by atoms with Gasteiger partial charge in [-0.1, -0.05) is 18.6 Å². The van der Waals surface area contributed by atoms with E-state index in [1.54, 1.807) is 23.9 Å². The van der Waals surface area contributed by atoms with Crippen LogP contribution < -0.4 is 5.73 Å². The molecular formula is C13H18N2O2S. The molecule has 0 aliphatic heterocycles. The molecular weight excluding hydrogens is 248 g/mol. The molecule has 2 atom stereocenters. The number of rotatable bonds is 5. The standard InChI is InChI=1S/C13H18N2O2S/c14-11-5-3-4-10(11)8-9-18-13-7-2-1-6-12(13)15(16)17/h1-2,6-7,10-11H,3-5,8-9,14H2. The SMILES string of the molecule is NC1CCCC1CCSc1ccccc1[N+](=O)[O-]. The van der Waals surface area contributed by atoms with Crippen LogP contribution in [0.2, 0.25) is 0 Å². The number of nitrogens with two attached hydrogens (primary N) is 1. The second-order valence-electron chi connectivity index (χ2n) is 4.72. The van der Waals surface area contributed by atoms with E-state index in [0.717, 1.165) is 23.5 Å². The molecule has 0 spiro atoms. The van der Waals surface area contributed by atoms with Crippen LogP contribution in [0.1, 0.15) is 25.7 Å². The first-order valence-corrected chi connectivity index (χ1v) is 7.29. The Morgan fingerprint density at radius 1 is 1.39 bits per heavy atom. The number of thioether (sulfide) groups is 1. The first-order valence-electron chi connectivity index (χ1n) is 6.30. The summed E-state index contributed by atoms with van der Waals surface area (Å²) in [4.78, 5) is 11.3. The Balaban J connectivity index is 1.88. The molecule has 1 saturated carbocycles. The summed E-state index contributed by atoms with van der Waals surface area (Å²) in [5.74, 6) is 1.50. The zero-order valence-electron chi connectivity index (χ0n) is 10.2. The largest absolute Gasteiger partial charge is 0.327 e. The maximum atomic E-state index is 10.9. The third-order valence-corrected chi connectivity index (χ3v) is 4.62. The van der Waals surface area contributed by atoms with Crippen LogP contribution >= 0.6 is 11.8 Å². The van der Waals surface area contributed by atoms with Crippen LogP contribution in [0.4, 0.5) is 5.69 Å². The van der Waals surface area contributed by atoms with E-state index < -0.39 is 0 Å². The van der Waals surface area contributed by atoms with Crippen molar-refractivity contribution in [2.75, 3.05) is 5.75 Å². The molecule has 5 heteroatoms. The average molecular weight is 266 g/mol. The molecule has 1 aromatic carbocycles. The van der Waals surface area contributed by atoms with Crippen molar-refractivity contribution in [2.24, 2.45) is 11.7 Å². The fourth-order valence-electron chi connectivity index (χ4n) is 2.47. The summed E-state index contributed by atoms with van der Waals surface area (Å²) in [6.07, 6.45) is 4.61. The molecule has 0 aromatic heterocycles. The minimum atomic E-state index is -0.316. The number of benzene rings is 1. The van der Waals surface area contributed by atoms with Crippen LogP contribution in [0, 0.1) is 16.0 Å². The van der Waals surface area contributed by atoms with E-state index in [2.05, 4.69) is 0 Å². The Kier molecular flexibility index (Phi) is 4.60. The van der Waals surface area contributed by atoms with Gasteiger partial charge >= 0.3 is 0 Å². The predicted molar refractivity (Wildman–Crippen MR) is 73.8 cm³/mol. The minimum Gasteiger partial charge on any atom is -0.327 e. The molecule has 0 amide bonds. The normalized spacial score (nSPS) is 23.2. The maximum Gasteiger partial charge on any atom is 0.282 e. The van der Waals surface area contributed by atoms with Gasteiger partial charge in [-0.25, -0.2) is 0 Å². The summed E-state index contributed by atoms with van der Waals surface area (Å²) in [6, 6.07) is 7.25. The van der Waals surface area contributed by atoms with Gasteiger partial charge in [0.2, 0.25) is 0 Å². The summed E-state index contributed by atoms with van der Waals surface area (Å²) in [5.41, 5.74) is 6.23. The van der Waals surface area contributed by atoms with Crippen LogP contribution in [0.15, 0.2) is 29.2 Å². The number of hydrogen-bond donors (Lipinski definition) is 1. The lowest BCUT2D eigenvalue weighted by Crippen LogP contribution is -2.24. The lowest BCUT2D eigenvalue weighted by atomic mass is 10.0. The van der Waals surface area contributed by atoms with Crippen molar-refractivity contribution in [1.29, 1.82) is 0 Å². The second kappa shape index (κ2) is 6.20. The second-order valence-corrected chi connectivity index (χ2v) is 5.85. The van der Waals surface area contributed by atoms with E-state index in [0.29, 0.717) is 12.0 Å². The Hall–Kier alpha value is -1.07. The molecule has 0 radical (unpaired) electrons. The van der Waals surface area contributed by atoms with Crippen molar-refractivity contribution in [1.82, 2.24) is 0 Å². The Morgan fingerprint density at radius 2 is 2.17 bits per heavy atom. The Labute approximate surface area is 111 Å². The molecule has 2 unspecified atom stereocenters. The highest BCUT2D eigenvalue weighted by Gasteiger charge is 2.23. The first kappa shape index (κ1) is 13.4. The van der Waals surface area contributed by atoms with Crippen LogP contribution in [-0.4, -0.2) is 16.7 Å². The van der Waals surface area contributed by atoms with Gasteiger partial charge < -0.3 is 5.73 Å². The van der Waals surface area contributed by atoms with Gasteiger partial charge in [-0.3, -0.25) is 10.1 Å². The van der Waals surface area contributed by atoms with Gasteiger partial charge in [-0.05, 0) is 37.0 Å². The van der Waals surface area contributed by atoms with Crippen LogP contribution in [0.3, 0.4) is 0 Å². The third kappa shape index (κ3) is 3.23. The zero-order chi connectivity index (χ0) is 13.0. The van der Waals surface area contributed by atoms with Gasteiger partial charge in [0.25, 0.3) is 5.69 Å². The number of para-hydroxylation sites is 1. The molecule has 0 heterocycles. The number of nitro groups is 1.